The summed E-state index contributed by atoms with van der Waals surface area (Å²) in [7, 11) is 0. The van der Waals surface area contributed by atoms with Gasteiger partial charge < -0.3 is 10.6 Å². The molecule has 0 aromatic carbocycles. The predicted octanol–water partition coefficient (Wildman–Crippen LogP) is 3.17. The Morgan fingerprint density at radius 2 is 2.12 bits per heavy atom. The Morgan fingerprint density at radius 3 is 2.69 bits per heavy atom. The van der Waals surface area contributed by atoms with Gasteiger partial charge in [-0.25, -0.2) is 4.98 Å². The predicted molar refractivity (Wildman–Crippen MR) is 75.8 cm³/mol. The van der Waals surface area contributed by atoms with Crippen LogP contribution in [0, 0.1) is 0 Å². The minimum Gasteiger partial charge on any atom is -0.356 e. The highest BCUT2D eigenvalue weighted by Crippen LogP contribution is 2.26. The molecule has 2 N–H and O–H groups in total. The number of rotatable bonds is 6. The van der Waals surface area contributed by atoms with Gasteiger partial charge in [0, 0.05) is 23.8 Å². The minimum atomic E-state index is 0.717. The zero-order valence-corrected chi connectivity index (χ0v) is 12.6. The molecule has 0 amide bonds. The monoisotopic (exact) mass is 349 g/mol. The fourth-order valence-electron chi connectivity index (χ4n) is 1.52. The smallest absolute Gasteiger partial charge is 0.142 e. The van der Waals surface area contributed by atoms with Crippen LogP contribution >= 0.6 is 31.9 Å². The summed E-state index contributed by atoms with van der Waals surface area (Å²) in [6.45, 7) is 4.85. The van der Waals surface area contributed by atoms with Crippen molar-refractivity contribution in [2.24, 2.45) is 5.73 Å². The molecule has 0 fully saturated rings. The highest BCUT2D eigenvalue weighted by Gasteiger charge is 2.10. The SMILES string of the molecule is CCCN(CCCN)c1ncc(Br)cc1Br. The van der Waals surface area contributed by atoms with Crippen LogP contribution in [-0.2, 0) is 0 Å². The molecule has 0 aliphatic heterocycles. The van der Waals surface area contributed by atoms with E-state index in [0.717, 1.165) is 40.7 Å². The summed E-state index contributed by atoms with van der Waals surface area (Å²) in [5.41, 5.74) is 5.55. The van der Waals surface area contributed by atoms with Crippen molar-refractivity contribution in [1.29, 1.82) is 0 Å². The van der Waals surface area contributed by atoms with Crippen LogP contribution < -0.4 is 10.6 Å². The first-order valence-electron chi connectivity index (χ1n) is 5.45. The molecule has 0 spiro atoms. The second-order valence-corrected chi connectivity index (χ2v) is 5.36. The van der Waals surface area contributed by atoms with Gasteiger partial charge in [0.2, 0.25) is 0 Å². The molecule has 0 aliphatic rings. The second kappa shape index (κ2) is 7.25. The van der Waals surface area contributed by atoms with Gasteiger partial charge in [-0.3, -0.25) is 0 Å². The summed E-state index contributed by atoms with van der Waals surface area (Å²) in [4.78, 5) is 6.71. The van der Waals surface area contributed by atoms with Gasteiger partial charge >= 0.3 is 0 Å². The van der Waals surface area contributed by atoms with Crippen LogP contribution in [0.5, 0.6) is 0 Å². The van der Waals surface area contributed by atoms with Crippen LogP contribution in [0.25, 0.3) is 0 Å². The van der Waals surface area contributed by atoms with E-state index in [1.807, 2.05) is 12.3 Å². The molecule has 0 saturated heterocycles. The number of halogens is 2. The van der Waals surface area contributed by atoms with Crippen LogP contribution in [0.3, 0.4) is 0 Å². The maximum Gasteiger partial charge on any atom is 0.142 e. The van der Waals surface area contributed by atoms with Crippen LogP contribution in [0.15, 0.2) is 21.2 Å². The van der Waals surface area contributed by atoms with E-state index in [1.165, 1.54) is 0 Å². The van der Waals surface area contributed by atoms with E-state index in [1.54, 1.807) is 0 Å². The molecule has 1 aromatic rings. The van der Waals surface area contributed by atoms with Gasteiger partial charge in [0.15, 0.2) is 0 Å². The molecule has 1 heterocycles. The van der Waals surface area contributed by atoms with Crippen LogP contribution in [0.2, 0.25) is 0 Å². The van der Waals surface area contributed by atoms with Gasteiger partial charge in [-0.05, 0) is 57.3 Å². The van der Waals surface area contributed by atoms with E-state index in [4.69, 9.17) is 5.73 Å². The van der Waals surface area contributed by atoms with Crippen LogP contribution in [0.1, 0.15) is 19.8 Å². The van der Waals surface area contributed by atoms with Gasteiger partial charge in [0.25, 0.3) is 0 Å². The average Bonchev–Trinajstić information content (AvgIpc) is 2.25. The lowest BCUT2D eigenvalue weighted by atomic mass is 10.3. The number of nitrogens with zero attached hydrogens (tertiary/aromatic N) is 2. The topological polar surface area (TPSA) is 42.1 Å². The molecule has 16 heavy (non-hydrogen) atoms. The number of nitrogens with two attached hydrogens (primary N) is 1. The van der Waals surface area contributed by atoms with Crippen LogP contribution in [-0.4, -0.2) is 24.6 Å². The first-order chi connectivity index (χ1) is 7.69. The molecule has 1 rings (SSSR count). The van der Waals surface area contributed by atoms with Gasteiger partial charge in [-0.1, -0.05) is 6.92 Å². The largest absolute Gasteiger partial charge is 0.356 e. The third kappa shape index (κ3) is 4.03. The molecule has 0 unspecified atom stereocenters. The van der Waals surface area contributed by atoms with Crippen molar-refractivity contribution in [2.45, 2.75) is 19.8 Å². The molecule has 0 atom stereocenters. The minimum absolute atomic E-state index is 0.717. The summed E-state index contributed by atoms with van der Waals surface area (Å²) in [6.07, 6.45) is 3.92. The molecule has 0 saturated carbocycles. The Hall–Kier alpha value is -0.130. The van der Waals surface area contributed by atoms with E-state index >= 15 is 0 Å². The number of pyridine rings is 1. The first kappa shape index (κ1) is 13.9. The molecular weight excluding hydrogens is 334 g/mol. The Balaban J connectivity index is 2.82. The maximum atomic E-state index is 5.55. The average molecular weight is 351 g/mol. The zero-order chi connectivity index (χ0) is 12.0. The first-order valence-corrected chi connectivity index (χ1v) is 7.03. The molecule has 1 aromatic heterocycles. The highest BCUT2D eigenvalue weighted by atomic mass is 79.9. The lowest BCUT2D eigenvalue weighted by Gasteiger charge is -2.24. The third-order valence-corrected chi connectivity index (χ3v) is 3.23. The molecule has 0 bridgehead atoms. The van der Waals surface area contributed by atoms with E-state index in [9.17, 15) is 0 Å². The molecule has 0 radical (unpaired) electrons. The fraction of sp³-hybridized carbons (Fsp3) is 0.545. The summed E-state index contributed by atoms with van der Waals surface area (Å²) >= 11 is 6.95. The highest BCUT2D eigenvalue weighted by molar-refractivity contribution is 9.11. The molecular formula is C11H17Br2N3. The lowest BCUT2D eigenvalue weighted by Crippen LogP contribution is -2.28. The van der Waals surface area contributed by atoms with E-state index in [2.05, 4.69) is 48.7 Å². The lowest BCUT2D eigenvalue weighted by molar-refractivity contribution is 0.710. The Kier molecular flexibility index (Phi) is 6.31. The number of aromatic nitrogens is 1. The fourth-order valence-corrected chi connectivity index (χ4v) is 2.75. The van der Waals surface area contributed by atoms with Crippen molar-refractivity contribution in [3.05, 3.63) is 21.2 Å². The van der Waals surface area contributed by atoms with Gasteiger partial charge in [-0.15, -0.1) is 0 Å². The van der Waals surface area contributed by atoms with Gasteiger partial charge in [-0.2, -0.15) is 0 Å². The quantitative estimate of drug-likeness (QED) is 0.856. The number of hydrogen-bond donors (Lipinski definition) is 1. The van der Waals surface area contributed by atoms with Crippen molar-refractivity contribution in [3.63, 3.8) is 0 Å². The van der Waals surface area contributed by atoms with E-state index in [0.29, 0.717) is 6.54 Å². The van der Waals surface area contributed by atoms with Gasteiger partial charge in [0.05, 0.1) is 4.47 Å². The molecule has 90 valence electrons. The van der Waals surface area contributed by atoms with Crippen molar-refractivity contribution in [2.75, 3.05) is 24.5 Å². The Morgan fingerprint density at radius 1 is 1.38 bits per heavy atom. The van der Waals surface area contributed by atoms with E-state index in [-0.39, 0.29) is 0 Å². The summed E-state index contributed by atoms with van der Waals surface area (Å²) in [5, 5.41) is 0. The summed E-state index contributed by atoms with van der Waals surface area (Å²) < 4.78 is 2.01. The van der Waals surface area contributed by atoms with Gasteiger partial charge in [0.1, 0.15) is 5.82 Å². The molecule has 0 aliphatic carbocycles. The van der Waals surface area contributed by atoms with Crippen molar-refractivity contribution >= 4 is 37.7 Å². The number of anilines is 1. The normalized spacial score (nSPS) is 10.5. The number of hydrogen-bond acceptors (Lipinski definition) is 3. The Labute approximate surface area is 114 Å². The molecule has 5 heteroatoms. The maximum absolute atomic E-state index is 5.55. The van der Waals surface area contributed by atoms with Crippen molar-refractivity contribution < 1.29 is 0 Å². The third-order valence-electron chi connectivity index (χ3n) is 2.21. The second-order valence-electron chi connectivity index (χ2n) is 3.59. The Bertz CT molecular complexity index is 331. The summed E-state index contributed by atoms with van der Waals surface area (Å²) in [6, 6.07) is 2.02. The van der Waals surface area contributed by atoms with Crippen molar-refractivity contribution in [3.8, 4) is 0 Å². The van der Waals surface area contributed by atoms with Crippen LogP contribution in [0.4, 0.5) is 5.82 Å². The van der Waals surface area contributed by atoms with Crippen molar-refractivity contribution in [1.82, 2.24) is 4.98 Å². The molecule has 3 nitrogen and oxygen atoms in total. The van der Waals surface area contributed by atoms with E-state index < -0.39 is 0 Å². The zero-order valence-electron chi connectivity index (χ0n) is 9.42. The summed E-state index contributed by atoms with van der Waals surface area (Å²) in [5.74, 6) is 0.999. The standard InChI is InChI=1S/C11H17Br2N3/c1-2-5-16(6-3-4-14)11-10(13)7-9(12)8-15-11/h7-8H,2-6,14H2,1H3.